The number of anilines is 1. The number of fused-ring (bicyclic) bond motifs is 1. The lowest BCUT2D eigenvalue weighted by Crippen LogP contribution is -2.22. The average Bonchev–Trinajstić information content (AvgIpc) is 2.92. The van der Waals surface area contributed by atoms with Crippen molar-refractivity contribution in [3.8, 4) is 11.1 Å². The summed E-state index contributed by atoms with van der Waals surface area (Å²) >= 11 is 9.17. The summed E-state index contributed by atoms with van der Waals surface area (Å²) in [5.41, 5.74) is 8.20. The molecule has 0 saturated carbocycles. The minimum Gasteiger partial charge on any atom is -0.367 e. The van der Waals surface area contributed by atoms with Gasteiger partial charge in [0.2, 0.25) is 5.95 Å². The molecule has 29 heavy (non-hydrogen) atoms. The quantitative estimate of drug-likeness (QED) is 0.287. The van der Waals surface area contributed by atoms with Crippen molar-refractivity contribution in [2.75, 3.05) is 5.73 Å². The van der Waals surface area contributed by atoms with Crippen molar-refractivity contribution in [1.82, 2.24) is 14.6 Å². The van der Waals surface area contributed by atoms with Crippen molar-refractivity contribution in [3.63, 3.8) is 0 Å². The van der Waals surface area contributed by atoms with E-state index >= 15 is 4.39 Å². The number of hydrogen-bond donors (Lipinski definition) is 3. The Kier molecular flexibility index (Phi) is 5.91. The molecule has 0 fully saturated rings. The van der Waals surface area contributed by atoms with Crippen LogP contribution in [0.3, 0.4) is 0 Å². The molecule has 0 radical (unpaired) electrons. The lowest BCUT2D eigenvalue weighted by molar-refractivity contribution is 0.610. The van der Waals surface area contributed by atoms with Gasteiger partial charge in [0.05, 0.1) is 21.5 Å². The standard InChI is InChI=1S/C20H23F2N5S2/c1-5-12(20(4,28)29)17-18-15(14(22)9-27(18)26-19(23)25-17)11-7-10(3)16(24-6-2)13(21)8-11/h6-9,12,28-29H,5H2,1-4H3,(H2,23,26). The molecule has 0 bridgehead atoms. The van der Waals surface area contributed by atoms with Gasteiger partial charge in [0.25, 0.3) is 0 Å². The molecule has 1 unspecified atom stereocenters. The second-order valence-corrected chi connectivity index (χ2v) is 9.28. The molecule has 2 aromatic heterocycles. The number of halogens is 2. The first-order chi connectivity index (χ1) is 13.6. The first-order valence-corrected chi connectivity index (χ1v) is 10.1. The first kappa shape index (κ1) is 21.6. The molecular weight excluding hydrogens is 412 g/mol. The molecule has 2 heterocycles. The molecule has 9 heteroatoms. The van der Waals surface area contributed by atoms with E-state index in [1.807, 2.05) is 13.8 Å². The number of thiol groups is 2. The van der Waals surface area contributed by atoms with Crippen LogP contribution in [-0.2, 0) is 0 Å². The fraction of sp³-hybridized carbons (Fsp3) is 0.350. The molecule has 1 atom stereocenters. The number of hydrogen-bond acceptors (Lipinski definition) is 6. The van der Waals surface area contributed by atoms with Gasteiger partial charge in [-0.2, -0.15) is 25.3 Å². The highest BCUT2D eigenvalue weighted by Crippen LogP contribution is 2.43. The summed E-state index contributed by atoms with van der Waals surface area (Å²) in [5, 5.41) is 4.11. The summed E-state index contributed by atoms with van der Waals surface area (Å²) < 4.78 is 30.3. The number of aryl methyl sites for hydroxylation is 1. The Morgan fingerprint density at radius 2 is 2.00 bits per heavy atom. The molecule has 154 valence electrons. The predicted octanol–water partition coefficient (Wildman–Crippen LogP) is 5.36. The summed E-state index contributed by atoms with van der Waals surface area (Å²) in [6, 6.07) is 2.97. The average molecular weight is 436 g/mol. The van der Waals surface area contributed by atoms with Gasteiger partial charge >= 0.3 is 0 Å². The molecule has 3 aromatic rings. The highest BCUT2D eigenvalue weighted by molar-refractivity contribution is 8.00. The van der Waals surface area contributed by atoms with E-state index in [1.165, 1.54) is 23.0 Å². The molecule has 0 spiro atoms. The maximum Gasteiger partial charge on any atom is 0.238 e. The molecule has 0 aliphatic rings. The van der Waals surface area contributed by atoms with Crippen molar-refractivity contribution in [2.24, 2.45) is 4.99 Å². The number of nitrogens with two attached hydrogens (primary N) is 1. The Balaban J connectivity index is 2.37. The van der Waals surface area contributed by atoms with Gasteiger partial charge in [0.1, 0.15) is 11.5 Å². The van der Waals surface area contributed by atoms with E-state index in [0.29, 0.717) is 28.8 Å². The maximum absolute atomic E-state index is 15.1. The van der Waals surface area contributed by atoms with Crippen molar-refractivity contribution >= 4 is 48.6 Å². The third-order valence-electron chi connectivity index (χ3n) is 4.83. The Hall–Kier alpha value is -2.13. The summed E-state index contributed by atoms with van der Waals surface area (Å²) in [4.78, 5) is 8.45. The number of benzene rings is 1. The number of nitrogens with zero attached hydrogens (tertiary/aromatic N) is 4. The van der Waals surface area contributed by atoms with Crippen LogP contribution < -0.4 is 5.73 Å². The number of aliphatic imine (C=N–C) groups is 1. The van der Waals surface area contributed by atoms with Crippen LogP contribution >= 0.6 is 25.3 Å². The van der Waals surface area contributed by atoms with Crippen LogP contribution in [0, 0.1) is 18.6 Å². The zero-order valence-corrected chi connectivity index (χ0v) is 18.4. The number of nitrogen functional groups attached to an aromatic ring is 1. The van der Waals surface area contributed by atoms with Crippen LogP contribution in [0.2, 0.25) is 0 Å². The number of aromatic nitrogens is 3. The van der Waals surface area contributed by atoms with E-state index in [9.17, 15) is 4.39 Å². The third-order valence-corrected chi connectivity index (χ3v) is 5.45. The van der Waals surface area contributed by atoms with Crippen molar-refractivity contribution in [1.29, 1.82) is 0 Å². The van der Waals surface area contributed by atoms with Gasteiger partial charge in [0, 0.05) is 17.7 Å². The van der Waals surface area contributed by atoms with E-state index in [0.717, 1.165) is 0 Å². The smallest absolute Gasteiger partial charge is 0.238 e. The molecule has 0 amide bonds. The predicted molar refractivity (Wildman–Crippen MR) is 121 cm³/mol. The maximum atomic E-state index is 15.1. The van der Waals surface area contributed by atoms with Crippen LogP contribution in [-0.4, -0.2) is 24.9 Å². The summed E-state index contributed by atoms with van der Waals surface area (Å²) in [5.74, 6) is -1.33. The SMILES string of the molecule is CC=Nc1c(C)cc(-c2c(F)cn3nc(N)nc(C(CC)C(C)(S)S)c23)cc1F. The van der Waals surface area contributed by atoms with Crippen molar-refractivity contribution in [3.05, 3.63) is 41.2 Å². The van der Waals surface area contributed by atoms with Gasteiger partial charge in [-0.3, -0.25) is 4.99 Å². The molecule has 0 aliphatic heterocycles. The van der Waals surface area contributed by atoms with E-state index < -0.39 is 15.7 Å². The van der Waals surface area contributed by atoms with E-state index in [-0.39, 0.29) is 23.1 Å². The lowest BCUT2D eigenvalue weighted by atomic mass is 9.94. The zero-order chi connectivity index (χ0) is 21.5. The van der Waals surface area contributed by atoms with Crippen LogP contribution in [0.25, 0.3) is 16.6 Å². The zero-order valence-electron chi connectivity index (χ0n) is 16.6. The second kappa shape index (κ2) is 7.95. The van der Waals surface area contributed by atoms with Gasteiger partial charge in [0.15, 0.2) is 5.82 Å². The highest BCUT2D eigenvalue weighted by atomic mass is 32.2. The fourth-order valence-corrected chi connectivity index (χ4v) is 4.24. The highest BCUT2D eigenvalue weighted by Gasteiger charge is 2.32. The van der Waals surface area contributed by atoms with E-state index in [1.54, 1.807) is 19.9 Å². The molecule has 0 aliphatic carbocycles. The van der Waals surface area contributed by atoms with Gasteiger partial charge in [-0.1, -0.05) is 6.92 Å². The van der Waals surface area contributed by atoms with Gasteiger partial charge in [-0.25, -0.2) is 18.3 Å². The van der Waals surface area contributed by atoms with Gasteiger partial charge in [-0.15, -0.1) is 5.10 Å². The summed E-state index contributed by atoms with van der Waals surface area (Å²) in [6.45, 7) is 7.24. The minimum atomic E-state index is -0.741. The lowest BCUT2D eigenvalue weighted by Gasteiger charge is -2.28. The topological polar surface area (TPSA) is 68.6 Å². The van der Waals surface area contributed by atoms with Crippen molar-refractivity contribution in [2.45, 2.75) is 44.1 Å². The molecule has 2 N–H and O–H groups in total. The van der Waals surface area contributed by atoms with E-state index in [2.05, 4.69) is 40.3 Å². The molecule has 1 aromatic carbocycles. The molecule has 3 rings (SSSR count). The van der Waals surface area contributed by atoms with Crippen LogP contribution in [0.4, 0.5) is 20.4 Å². The van der Waals surface area contributed by atoms with Gasteiger partial charge < -0.3 is 5.73 Å². The van der Waals surface area contributed by atoms with Gasteiger partial charge in [-0.05, 0) is 50.5 Å². The monoisotopic (exact) mass is 435 g/mol. The Bertz CT molecular complexity index is 1080. The Morgan fingerprint density at radius 3 is 2.55 bits per heavy atom. The van der Waals surface area contributed by atoms with Crippen molar-refractivity contribution < 1.29 is 8.78 Å². The Morgan fingerprint density at radius 1 is 1.31 bits per heavy atom. The second-order valence-electron chi connectivity index (χ2n) is 7.07. The van der Waals surface area contributed by atoms with Crippen LogP contribution in [0.1, 0.15) is 44.4 Å². The summed E-state index contributed by atoms with van der Waals surface area (Å²) in [7, 11) is 0. The normalized spacial score (nSPS) is 13.5. The fourth-order valence-electron chi connectivity index (χ4n) is 3.63. The molecule has 5 nitrogen and oxygen atoms in total. The van der Waals surface area contributed by atoms with Crippen LogP contribution in [0.5, 0.6) is 0 Å². The minimum absolute atomic E-state index is 0.00779. The van der Waals surface area contributed by atoms with Crippen LogP contribution in [0.15, 0.2) is 23.3 Å². The third kappa shape index (κ3) is 3.98. The largest absolute Gasteiger partial charge is 0.367 e. The Labute approximate surface area is 179 Å². The summed E-state index contributed by atoms with van der Waals surface area (Å²) in [6.07, 6.45) is 3.37. The first-order valence-electron chi connectivity index (χ1n) is 9.16. The molecule has 0 saturated heterocycles. The number of rotatable bonds is 5. The van der Waals surface area contributed by atoms with E-state index in [4.69, 9.17) is 5.73 Å². The molecular formula is C20H23F2N5S2.